The smallest absolute Gasteiger partial charge is 0.223 e. The molecule has 19 heavy (non-hydrogen) atoms. The number of anilines is 1. The summed E-state index contributed by atoms with van der Waals surface area (Å²) in [5, 5.41) is 9.37. The summed E-state index contributed by atoms with van der Waals surface area (Å²) in [5.41, 5.74) is 6.25. The van der Waals surface area contributed by atoms with Gasteiger partial charge in [0.25, 0.3) is 0 Å². The molecule has 8 heteroatoms. The molecule has 0 saturated heterocycles. The second-order valence-corrected chi connectivity index (χ2v) is 5.57. The summed E-state index contributed by atoms with van der Waals surface area (Å²) in [7, 11) is 0. The van der Waals surface area contributed by atoms with Crippen molar-refractivity contribution in [2.75, 3.05) is 5.73 Å². The van der Waals surface area contributed by atoms with E-state index >= 15 is 0 Å². The van der Waals surface area contributed by atoms with Gasteiger partial charge in [-0.15, -0.1) is 0 Å². The molecule has 96 valence electrons. The zero-order valence-corrected chi connectivity index (χ0v) is 11.7. The fraction of sp³-hybridized carbons (Fsp3) is 0. The highest BCUT2D eigenvalue weighted by molar-refractivity contribution is 7.99. The molecule has 0 atom stereocenters. The summed E-state index contributed by atoms with van der Waals surface area (Å²) in [5.74, 6) is 0.178. The fourth-order valence-corrected chi connectivity index (χ4v) is 2.99. The van der Waals surface area contributed by atoms with Gasteiger partial charge in [0.05, 0.1) is 16.6 Å². The Labute approximate surface area is 122 Å². The Bertz CT molecular complexity index is 758. The number of H-pyrrole nitrogens is 1. The number of nitrogens with zero attached hydrogens (tertiary/aromatic N) is 3. The van der Waals surface area contributed by atoms with Crippen LogP contribution < -0.4 is 5.73 Å². The highest BCUT2D eigenvalue weighted by Crippen LogP contribution is 2.36. The molecule has 3 aromatic rings. The van der Waals surface area contributed by atoms with Gasteiger partial charge in [-0.25, -0.2) is 4.98 Å². The van der Waals surface area contributed by atoms with Crippen molar-refractivity contribution >= 4 is 51.9 Å². The molecule has 3 N–H and O–H groups in total. The number of nitrogen functional groups attached to an aromatic ring is 1. The largest absolute Gasteiger partial charge is 0.368 e. The summed E-state index contributed by atoms with van der Waals surface area (Å²) in [6.45, 7) is 0. The van der Waals surface area contributed by atoms with Crippen LogP contribution in [0.5, 0.6) is 0 Å². The van der Waals surface area contributed by atoms with E-state index in [4.69, 9.17) is 28.9 Å². The van der Waals surface area contributed by atoms with Gasteiger partial charge in [0.15, 0.2) is 5.65 Å². The zero-order valence-electron chi connectivity index (χ0n) is 9.39. The molecular weight excluding hydrogens is 305 g/mol. The van der Waals surface area contributed by atoms with Gasteiger partial charge in [0, 0.05) is 9.92 Å². The lowest BCUT2D eigenvalue weighted by atomic mass is 10.4. The van der Waals surface area contributed by atoms with E-state index in [9.17, 15) is 0 Å². The van der Waals surface area contributed by atoms with Crippen LogP contribution in [-0.2, 0) is 0 Å². The molecule has 3 rings (SSSR count). The second-order valence-electron chi connectivity index (χ2n) is 3.70. The normalized spacial score (nSPS) is 11.1. The third-order valence-electron chi connectivity index (χ3n) is 2.39. The van der Waals surface area contributed by atoms with E-state index in [1.165, 1.54) is 11.8 Å². The number of halogens is 2. The standard InChI is InChI=1S/C11H7Cl2N5S/c12-5-1-2-7(13)8(3-5)19-10-6-4-15-18-9(6)16-11(14)17-10/h1-4H,(H3,14,15,16,17,18). The predicted octanol–water partition coefficient (Wildman–Crippen LogP) is 3.39. The van der Waals surface area contributed by atoms with Crippen molar-refractivity contribution in [1.29, 1.82) is 0 Å². The Kier molecular flexibility index (Phi) is 3.22. The lowest BCUT2D eigenvalue weighted by Crippen LogP contribution is -1.96. The summed E-state index contributed by atoms with van der Waals surface area (Å²) < 4.78 is 0. The van der Waals surface area contributed by atoms with E-state index in [1.807, 2.05) is 0 Å². The number of nitrogens with one attached hydrogen (secondary N) is 1. The number of benzene rings is 1. The minimum Gasteiger partial charge on any atom is -0.368 e. The highest BCUT2D eigenvalue weighted by atomic mass is 35.5. The molecule has 0 spiro atoms. The maximum Gasteiger partial charge on any atom is 0.223 e. The van der Waals surface area contributed by atoms with Crippen molar-refractivity contribution in [2.24, 2.45) is 0 Å². The van der Waals surface area contributed by atoms with E-state index in [2.05, 4.69) is 20.2 Å². The number of aromatic nitrogens is 4. The van der Waals surface area contributed by atoms with Gasteiger partial charge >= 0.3 is 0 Å². The summed E-state index contributed by atoms with van der Waals surface area (Å²) >= 11 is 13.5. The quantitative estimate of drug-likeness (QED) is 0.709. The Balaban J connectivity index is 2.10. The number of nitrogens with two attached hydrogens (primary N) is 1. The molecule has 0 fully saturated rings. The molecule has 0 radical (unpaired) electrons. The maximum absolute atomic E-state index is 6.13. The van der Waals surface area contributed by atoms with E-state index < -0.39 is 0 Å². The van der Waals surface area contributed by atoms with E-state index in [0.29, 0.717) is 20.7 Å². The molecule has 0 bridgehead atoms. The highest BCUT2D eigenvalue weighted by Gasteiger charge is 2.11. The fourth-order valence-electron chi connectivity index (χ4n) is 1.56. The molecule has 0 amide bonds. The summed E-state index contributed by atoms with van der Waals surface area (Å²) in [6.07, 6.45) is 1.65. The number of hydrogen-bond acceptors (Lipinski definition) is 5. The van der Waals surface area contributed by atoms with E-state index in [-0.39, 0.29) is 5.95 Å². The molecule has 2 heterocycles. The van der Waals surface area contributed by atoms with Crippen molar-refractivity contribution in [3.63, 3.8) is 0 Å². The van der Waals surface area contributed by atoms with Crippen LogP contribution in [0.15, 0.2) is 34.3 Å². The average Bonchev–Trinajstić information content (AvgIpc) is 2.82. The molecule has 0 unspecified atom stereocenters. The van der Waals surface area contributed by atoms with Gasteiger partial charge < -0.3 is 5.73 Å². The topological polar surface area (TPSA) is 80.5 Å². The monoisotopic (exact) mass is 311 g/mol. The molecule has 2 aromatic heterocycles. The number of rotatable bonds is 2. The van der Waals surface area contributed by atoms with Crippen molar-refractivity contribution in [1.82, 2.24) is 20.2 Å². The Morgan fingerprint density at radius 2 is 2.05 bits per heavy atom. The van der Waals surface area contributed by atoms with Crippen LogP contribution in [0.3, 0.4) is 0 Å². The predicted molar refractivity (Wildman–Crippen MR) is 76.7 cm³/mol. The zero-order chi connectivity index (χ0) is 13.4. The number of hydrogen-bond donors (Lipinski definition) is 2. The van der Waals surface area contributed by atoms with Crippen molar-refractivity contribution in [2.45, 2.75) is 9.92 Å². The lowest BCUT2D eigenvalue weighted by Gasteiger charge is -2.05. The minimum atomic E-state index is 0.178. The first kappa shape index (κ1) is 12.5. The third-order valence-corrected chi connectivity index (χ3v) is 4.13. The second kappa shape index (κ2) is 4.88. The number of fused-ring (bicyclic) bond motifs is 1. The maximum atomic E-state index is 6.13. The van der Waals surface area contributed by atoms with Crippen LogP contribution in [0.25, 0.3) is 11.0 Å². The van der Waals surface area contributed by atoms with Crippen LogP contribution in [0.2, 0.25) is 10.0 Å². The summed E-state index contributed by atoms with van der Waals surface area (Å²) in [4.78, 5) is 9.06. The average molecular weight is 312 g/mol. The Morgan fingerprint density at radius 1 is 1.21 bits per heavy atom. The Hall–Kier alpha value is -1.50. The van der Waals surface area contributed by atoms with Crippen LogP contribution in [0.1, 0.15) is 0 Å². The van der Waals surface area contributed by atoms with Gasteiger partial charge in [0.2, 0.25) is 5.95 Å². The van der Waals surface area contributed by atoms with Crippen LogP contribution in [-0.4, -0.2) is 20.2 Å². The minimum absolute atomic E-state index is 0.178. The number of aromatic amines is 1. The van der Waals surface area contributed by atoms with Crippen LogP contribution in [0, 0.1) is 0 Å². The first-order valence-corrected chi connectivity index (χ1v) is 6.80. The lowest BCUT2D eigenvalue weighted by molar-refractivity contribution is 1.08. The molecule has 1 aromatic carbocycles. The van der Waals surface area contributed by atoms with Gasteiger partial charge in [-0.3, -0.25) is 5.10 Å². The van der Waals surface area contributed by atoms with Crippen LogP contribution >= 0.6 is 35.0 Å². The van der Waals surface area contributed by atoms with Gasteiger partial charge in [-0.2, -0.15) is 10.1 Å². The van der Waals surface area contributed by atoms with Crippen molar-refractivity contribution in [3.8, 4) is 0 Å². The SMILES string of the molecule is Nc1nc(Sc2cc(Cl)ccc2Cl)c2cn[nH]c2n1. The molecule has 0 aliphatic carbocycles. The molecule has 5 nitrogen and oxygen atoms in total. The van der Waals surface area contributed by atoms with Crippen LogP contribution in [0.4, 0.5) is 5.95 Å². The van der Waals surface area contributed by atoms with Gasteiger partial charge in [0.1, 0.15) is 5.03 Å². The van der Waals surface area contributed by atoms with Gasteiger partial charge in [-0.1, -0.05) is 35.0 Å². The van der Waals surface area contributed by atoms with Gasteiger partial charge in [-0.05, 0) is 18.2 Å². The van der Waals surface area contributed by atoms with Crippen molar-refractivity contribution in [3.05, 3.63) is 34.4 Å². The summed E-state index contributed by atoms with van der Waals surface area (Å²) in [6, 6.07) is 5.25. The first-order valence-electron chi connectivity index (χ1n) is 5.23. The molecule has 0 aliphatic heterocycles. The molecule has 0 aliphatic rings. The molecular formula is C11H7Cl2N5S. The molecule has 0 saturated carbocycles. The third kappa shape index (κ3) is 2.47. The van der Waals surface area contributed by atoms with Crippen molar-refractivity contribution < 1.29 is 0 Å². The van der Waals surface area contributed by atoms with E-state index in [1.54, 1.807) is 24.4 Å². The van der Waals surface area contributed by atoms with E-state index in [0.717, 1.165) is 10.3 Å². The Morgan fingerprint density at radius 3 is 2.89 bits per heavy atom. The first-order chi connectivity index (χ1) is 9.13.